The van der Waals surface area contributed by atoms with Gasteiger partial charge in [-0.3, -0.25) is 14.9 Å². The molecule has 0 aromatic heterocycles. The zero-order chi connectivity index (χ0) is 28.4. The van der Waals surface area contributed by atoms with Gasteiger partial charge in [0.15, 0.2) is 5.78 Å². The molecule has 2 unspecified atom stereocenters. The fourth-order valence-corrected chi connectivity index (χ4v) is 6.45. The Hall–Kier alpha value is -4.26. The number of nitrogens with one attached hydrogen (secondary N) is 2. The number of Topliss-reactive ketones (excluding diaryl/α,β-unsaturated/α-hetero) is 1. The van der Waals surface area contributed by atoms with Crippen LogP contribution in [0.1, 0.15) is 45.4 Å². The highest BCUT2D eigenvalue weighted by molar-refractivity contribution is 6.12. The number of amides is 1. The zero-order valence-corrected chi connectivity index (χ0v) is 23.4. The molecule has 2 aliphatic heterocycles. The van der Waals surface area contributed by atoms with Crippen molar-refractivity contribution in [2.24, 2.45) is 5.92 Å². The van der Waals surface area contributed by atoms with Crippen molar-refractivity contribution in [2.75, 3.05) is 32.6 Å². The molecule has 208 valence electrons. The van der Waals surface area contributed by atoms with E-state index in [0.29, 0.717) is 12.2 Å². The number of anilines is 1. The summed E-state index contributed by atoms with van der Waals surface area (Å²) in [6, 6.07) is 35.0. The van der Waals surface area contributed by atoms with Crippen molar-refractivity contribution >= 4 is 17.4 Å². The normalized spacial score (nSPS) is 23.0. The number of benzene rings is 4. The molecule has 1 fully saturated rings. The minimum absolute atomic E-state index is 0.0733. The SMILES string of the molecule is CN(C)CCCOc1ccc(C(=O)C2[C@H](c3ccccc3)[C@@H](c3ccccc3)NC23C(=O)Nc2ccccc23)cc1. The van der Waals surface area contributed by atoms with Gasteiger partial charge in [0.2, 0.25) is 5.91 Å². The number of hydrogen-bond acceptors (Lipinski definition) is 5. The van der Waals surface area contributed by atoms with Crippen molar-refractivity contribution in [1.29, 1.82) is 0 Å². The monoisotopic (exact) mass is 545 g/mol. The van der Waals surface area contributed by atoms with Crippen LogP contribution in [0.5, 0.6) is 5.75 Å². The molecular weight excluding hydrogens is 510 g/mol. The molecule has 0 bridgehead atoms. The lowest BCUT2D eigenvalue weighted by Gasteiger charge is -2.31. The third kappa shape index (κ3) is 4.94. The summed E-state index contributed by atoms with van der Waals surface area (Å²) in [7, 11) is 4.08. The summed E-state index contributed by atoms with van der Waals surface area (Å²) in [6.45, 7) is 1.55. The van der Waals surface area contributed by atoms with Gasteiger partial charge in [-0.15, -0.1) is 0 Å². The molecule has 41 heavy (non-hydrogen) atoms. The average molecular weight is 546 g/mol. The van der Waals surface area contributed by atoms with Crippen LogP contribution in [-0.2, 0) is 10.3 Å². The standard InChI is InChI=1S/C35H35N3O3/c1-38(2)22-11-23-41-27-20-18-26(19-21-27)33(39)31-30(24-12-5-3-6-13-24)32(25-14-7-4-8-15-25)37-35(31)28-16-9-10-17-29(28)36-34(35)40/h3-10,12-21,30-32,37H,11,22-23H2,1-2H3,(H,36,40)/t30-,31?,32+,35?/m0/s1. The van der Waals surface area contributed by atoms with Crippen LogP contribution in [0.4, 0.5) is 5.69 Å². The Labute approximate surface area is 241 Å². The summed E-state index contributed by atoms with van der Waals surface area (Å²) in [4.78, 5) is 30.9. The van der Waals surface area contributed by atoms with Crippen molar-refractivity contribution in [1.82, 2.24) is 10.2 Å². The molecule has 0 aliphatic carbocycles. The predicted octanol–water partition coefficient (Wildman–Crippen LogP) is 5.79. The van der Waals surface area contributed by atoms with Crippen LogP contribution in [0.3, 0.4) is 0 Å². The number of ether oxygens (including phenoxy) is 1. The molecule has 6 nitrogen and oxygen atoms in total. The Balaban J connectivity index is 1.43. The van der Waals surface area contributed by atoms with E-state index < -0.39 is 11.5 Å². The lowest BCUT2D eigenvalue weighted by Crippen LogP contribution is -2.50. The Morgan fingerprint density at radius 1 is 0.829 bits per heavy atom. The van der Waals surface area contributed by atoms with Crippen molar-refractivity contribution in [3.8, 4) is 5.75 Å². The third-order valence-electron chi connectivity index (χ3n) is 8.31. The molecule has 4 atom stereocenters. The molecule has 4 aromatic rings. The average Bonchev–Trinajstić information content (AvgIpc) is 3.51. The van der Waals surface area contributed by atoms with Gasteiger partial charge in [-0.2, -0.15) is 0 Å². The highest BCUT2D eigenvalue weighted by atomic mass is 16.5. The van der Waals surface area contributed by atoms with Crippen LogP contribution >= 0.6 is 0 Å². The Bertz CT molecular complexity index is 1520. The Morgan fingerprint density at radius 3 is 2.15 bits per heavy atom. The summed E-state index contributed by atoms with van der Waals surface area (Å²) in [5.41, 5.74) is 2.93. The molecule has 0 radical (unpaired) electrons. The van der Waals surface area contributed by atoms with Gasteiger partial charge in [-0.1, -0.05) is 78.9 Å². The minimum atomic E-state index is -1.23. The van der Waals surface area contributed by atoms with E-state index in [9.17, 15) is 9.59 Å². The van der Waals surface area contributed by atoms with Crippen molar-refractivity contribution in [3.05, 3.63) is 131 Å². The second-order valence-corrected chi connectivity index (χ2v) is 11.1. The summed E-state index contributed by atoms with van der Waals surface area (Å²) >= 11 is 0. The number of carbonyl (C=O) groups is 2. The van der Waals surface area contributed by atoms with Crippen LogP contribution in [0.25, 0.3) is 0 Å². The van der Waals surface area contributed by atoms with E-state index in [4.69, 9.17) is 4.74 Å². The van der Waals surface area contributed by atoms with E-state index in [1.807, 2.05) is 99.0 Å². The van der Waals surface area contributed by atoms with E-state index in [1.54, 1.807) is 0 Å². The van der Waals surface area contributed by atoms with Crippen LogP contribution < -0.4 is 15.4 Å². The minimum Gasteiger partial charge on any atom is -0.494 e. The lowest BCUT2D eigenvalue weighted by molar-refractivity contribution is -0.122. The molecule has 6 heteroatoms. The molecule has 4 aromatic carbocycles. The molecule has 0 saturated carbocycles. The zero-order valence-electron chi connectivity index (χ0n) is 23.4. The number of rotatable bonds is 9. The molecule has 2 heterocycles. The van der Waals surface area contributed by atoms with Crippen molar-refractivity contribution < 1.29 is 14.3 Å². The second kappa shape index (κ2) is 11.3. The van der Waals surface area contributed by atoms with Crippen LogP contribution in [-0.4, -0.2) is 43.8 Å². The van der Waals surface area contributed by atoms with Crippen LogP contribution in [0.15, 0.2) is 109 Å². The third-order valence-corrected chi connectivity index (χ3v) is 8.31. The molecule has 6 rings (SSSR count). The highest BCUT2D eigenvalue weighted by Crippen LogP contribution is 2.57. The second-order valence-electron chi connectivity index (χ2n) is 11.1. The van der Waals surface area contributed by atoms with Crippen LogP contribution in [0.2, 0.25) is 0 Å². The number of fused-ring (bicyclic) bond motifs is 2. The van der Waals surface area contributed by atoms with Crippen LogP contribution in [0, 0.1) is 5.92 Å². The number of para-hydroxylation sites is 1. The smallest absolute Gasteiger partial charge is 0.250 e. The van der Waals surface area contributed by atoms with E-state index in [2.05, 4.69) is 39.8 Å². The fourth-order valence-electron chi connectivity index (χ4n) is 6.45. The van der Waals surface area contributed by atoms with Gasteiger partial charge >= 0.3 is 0 Å². The van der Waals surface area contributed by atoms with Gasteiger partial charge in [0.25, 0.3) is 0 Å². The highest BCUT2D eigenvalue weighted by Gasteiger charge is 2.64. The summed E-state index contributed by atoms with van der Waals surface area (Å²) in [5.74, 6) is -0.520. The van der Waals surface area contributed by atoms with Gasteiger partial charge in [-0.25, -0.2) is 0 Å². The maximum absolute atomic E-state index is 14.7. The Kier molecular flexibility index (Phi) is 7.43. The largest absolute Gasteiger partial charge is 0.494 e. The van der Waals surface area contributed by atoms with E-state index >= 15 is 0 Å². The number of nitrogens with zero attached hydrogens (tertiary/aromatic N) is 1. The first-order valence-electron chi connectivity index (χ1n) is 14.2. The maximum Gasteiger partial charge on any atom is 0.250 e. The van der Waals surface area contributed by atoms with E-state index in [0.717, 1.165) is 41.1 Å². The number of carbonyl (C=O) groups excluding carboxylic acids is 2. The Morgan fingerprint density at radius 2 is 1.46 bits per heavy atom. The molecule has 1 saturated heterocycles. The van der Waals surface area contributed by atoms with Gasteiger partial charge in [0, 0.05) is 35.3 Å². The first-order valence-corrected chi connectivity index (χ1v) is 14.2. The van der Waals surface area contributed by atoms with Gasteiger partial charge in [-0.05, 0) is 62.0 Å². The first kappa shape index (κ1) is 26.9. The molecule has 2 aliphatic rings. The fraction of sp³-hybridized carbons (Fsp3) is 0.257. The quantitative estimate of drug-likeness (QED) is 0.206. The van der Waals surface area contributed by atoms with Crippen molar-refractivity contribution in [3.63, 3.8) is 0 Å². The summed E-state index contributed by atoms with van der Waals surface area (Å²) in [6.07, 6.45) is 0.915. The van der Waals surface area contributed by atoms with Gasteiger partial charge < -0.3 is 15.0 Å². The topological polar surface area (TPSA) is 70.7 Å². The van der Waals surface area contributed by atoms with Gasteiger partial charge in [0.05, 0.1) is 12.5 Å². The predicted molar refractivity (Wildman–Crippen MR) is 161 cm³/mol. The molecule has 1 spiro atoms. The van der Waals surface area contributed by atoms with E-state index in [-0.39, 0.29) is 23.7 Å². The molecule has 2 N–H and O–H groups in total. The number of ketones is 1. The summed E-state index contributed by atoms with van der Waals surface area (Å²) in [5, 5.41) is 6.81. The lowest BCUT2D eigenvalue weighted by atomic mass is 9.69. The van der Waals surface area contributed by atoms with E-state index in [1.165, 1.54) is 0 Å². The first-order chi connectivity index (χ1) is 20.0. The van der Waals surface area contributed by atoms with Crippen molar-refractivity contribution in [2.45, 2.75) is 23.9 Å². The van der Waals surface area contributed by atoms with Gasteiger partial charge in [0.1, 0.15) is 11.3 Å². The number of hydrogen-bond donors (Lipinski definition) is 2. The maximum atomic E-state index is 14.7. The molecular formula is C35H35N3O3. The summed E-state index contributed by atoms with van der Waals surface area (Å²) < 4.78 is 5.92. The molecule has 1 amide bonds.